The summed E-state index contributed by atoms with van der Waals surface area (Å²) in [5.74, 6) is -2.38. The molecule has 0 aliphatic rings. The van der Waals surface area contributed by atoms with Gasteiger partial charge in [-0.15, -0.1) is 0 Å². The van der Waals surface area contributed by atoms with Crippen molar-refractivity contribution in [2.75, 3.05) is 6.61 Å². The summed E-state index contributed by atoms with van der Waals surface area (Å²) in [5.41, 5.74) is 0.833. The largest absolute Gasteiger partial charge is 0.486 e. The van der Waals surface area contributed by atoms with E-state index in [1.165, 1.54) is 13.1 Å². The second-order valence-corrected chi connectivity index (χ2v) is 3.13. The summed E-state index contributed by atoms with van der Waals surface area (Å²) in [6, 6.07) is 3.35. The maximum atomic E-state index is 12.8. The summed E-state index contributed by atoms with van der Waals surface area (Å²) in [4.78, 5) is 3.94. The van der Waals surface area contributed by atoms with Gasteiger partial charge in [0.15, 0.2) is 6.61 Å². The lowest BCUT2D eigenvalue weighted by Crippen LogP contribution is -2.24. The zero-order valence-electron chi connectivity index (χ0n) is 8.26. The Kier molecular flexibility index (Phi) is 3.38. The van der Waals surface area contributed by atoms with Gasteiger partial charge in [0.05, 0.1) is 6.20 Å². The normalized spacial score (nSPS) is 11.4. The van der Waals surface area contributed by atoms with Crippen LogP contribution in [0.15, 0.2) is 18.3 Å². The highest BCUT2D eigenvalue weighted by atomic mass is 19.3. The number of nitrogens with zero attached hydrogens (tertiary/aromatic N) is 1. The minimum Gasteiger partial charge on any atom is -0.486 e. The van der Waals surface area contributed by atoms with Crippen LogP contribution in [0.5, 0.6) is 5.75 Å². The van der Waals surface area contributed by atoms with E-state index >= 15 is 0 Å². The fourth-order valence-electron chi connectivity index (χ4n) is 0.831. The summed E-state index contributed by atoms with van der Waals surface area (Å²) in [6.07, 6.45) is 1.23. The van der Waals surface area contributed by atoms with E-state index in [0.717, 1.165) is 5.69 Å². The minimum atomic E-state index is -2.76. The lowest BCUT2D eigenvalue weighted by Gasteiger charge is -2.14. The molecule has 0 bridgehead atoms. The number of aromatic nitrogens is 1. The van der Waals surface area contributed by atoms with E-state index in [9.17, 15) is 8.78 Å². The average molecular weight is 201 g/mol. The van der Waals surface area contributed by atoms with Crippen LogP contribution in [-0.4, -0.2) is 17.5 Å². The van der Waals surface area contributed by atoms with E-state index in [2.05, 4.69) is 4.98 Å². The molecule has 1 aromatic rings. The van der Waals surface area contributed by atoms with Gasteiger partial charge in [0.25, 0.3) is 5.92 Å². The molecule has 4 heteroatoms. The number of halogens is 2. The highest BCUT2D eigenvalue weighted by molar-refractivity contribution is 5.19. The van der Waals surface area contributed by atoms with Crippen molar-refractivity contribution in [3.8, 4) is 5.75 Å². The van der Waals surface area contributed by atoms with Crippen LogP contribution in [0.2, 0.25) is 0 Å². The Hall–Kier alpha value is -1.19. The first kappa shape index (κ1) is 10.9. The fraction of sp³-hybridized carbons (Fsp3) is 0.500. The number of ether oxygens (including phenoxy) is 1. The van der Waals surface area contributed by atoms with Gasteiger partial charge in [-0.2, -0.15) is 0 Å². The molecule has 0 aliphatic carbocycles. The molecule has 1 aromatic heterocycles. The Morgan fingerprint density at radius 3 is 2.64 bits per heavy atom. The Balaban J connectivity index is 2.50. The molecule has 0 unspecified atom stereocenters. The Bertz CT molecular complexity index is 285. The van der Waals surface area contributed by atoms with Crippen molar-refractivity contribution in [2.24, 2.45) is 0 Å². The van der Waals surface area contributed by atoms with Crippen molar-refractivity contribution in [1.82, 2.24) is 4.98 Å². The lowest BCUT2D eigenvalue weighted by molar-refractivity contribution is -0.0437. The van der Waals surface area contributed by atoms with E-state index in [1.54, 1.807) is 12.1 Å². The van der Waals surface area contributed by atoms with Gasteiger partial charge in [-0.3, -0.25) is 4.98 Å². The topological polar surface area (TPSA) is 22.1 Å². The third kappa shape index (κ3) is 3.28. The highest BCUT2D eigenvalue weighted by Gasteiger charge is 2.27. The zero-order chi connectivity index (χ0) is 10.6. The van der Waals surface area contributed by atoms with E-state index in [0.29, 0.717) is 5.75 Å². The standard InChI is InChI=1S/C10H13F2NO/c1-3-10(11,12)7-14-9-5-4-8(2)13-6-9/h4-6H,3,7H2,1-2H3. The third-order valence-electron chi connectivity index (χ3n) is 1.85. The smallest absolute Gasteiger partial charge is 0.281 e. The van der Waals surface area contributed by atoms with E-state index in [-0.39, 0.29) is 6.42 Å². The van der Waals surface area contributed by atoms with Gasteiger partial charge < -0.3 is 4.74 Å². The number of hydrogen-bond donors (Lipinski definition) is 0. The summed E-state index contributed by atoms with van der Waals surface area (Å²) in [5, 5.41) is 0. The average Bonchev–Trinajstić information content (AvgIpc) is 2.17. The molecule has 0 saturated heterocycles. The predicted octanol–water partition coefficient (Wildman–Crippen LogP) is 2.81. The second kappa shape index (κ2) is 4.35. The van der Waals surface area contributed by atoms with Crippen LogP contribution in [-0.2, 0) is 0 Å². The molecule has 0 aromatic carbocycles. The van der Waals surface area contributed by atoms with Crippen LogP contribution in [0.3, 0.4) is 0 Å². The first-order chi connectivity index (χ1) is 6.53. The molecule has 0 spiro atoms. The molecule has 0 aliphatic heterocycles. The Morgan fingerprint density at radius 2 is 2.14 bits per heavy atom. The lowest BCUT2D eigenvalue weighted by atomic mass is 10.3. The minimum absolute atomic E-state index is 0.216. The van der Waals surface area contributed by atoms with Crippen LogP contribution in [0.1, 0.15) is 19.0 Å². The van der Waals surface area contributed by atoms with E-state index < -0.39 is 12.5 Å². The van der Waals surface area contributed by atoms with Gasteiger partial charge in [-0.1, -0.05) is 6.92 Å². The molecule has 1 heterocycles. The van der Waals surface area contributed by atoms with Crippen molar-refractivity contribution in [2.45, 2.75) is 26.2 Å². The van der Waals surface area contributed by atoms with Crippen molar-refractivity contribution < 1.29 is 13.5 Å². The monoisotopic (exact) mass is 201 g/mol. The quantitative estimate of drug-likeness (QED) is 0.747. The van der Waals surface area contributed by atoms with Crippen LogP contribution in [0, 0.1) is 6.92 Å². The van der Waals surface area contributed by atoms with Crippen LogP contribution >= 0.6 is 0 Å². The maximum absolute atomic E-state index is 12.8. The maximum Gasteiger partial charge on any atom is 0.281 e. The number of rotatable bonds is 4. The molecule has 0 N–H and O–H groups in total. The molecule has 0 atom stereocenters. The zero-order valence-corrected chi connectivity index (χ0v) is 8.26. The van der Waals surface area contributed by atoms with Crippen molar-refractivity contribution in [3.05, 3.63) is 24.0 Å². The van der Waals surface area contributed by atoms with Gasteiger partial charge in [0, 0.05) is 12.1 Å². The van der Waals surface area contributed by atoms with Crippen molar-refractivity contribution in [1.29, 1.82) is 0 Å². The summed E-state index contributed by atoms with van der Waals surface area (Å²) in [6.45, 7) is 2.66. The Labute approximate surface area is 81.9 Å². The highest BCUT2D eigenvalue weighted by Crippen LogP contribution is 2.19. The fourth-order valence-corrected chi connectivity index (χ4v) is 0.831. The van der Waals surface area contributed by atoms with Gasteiger partial charge in [-0.25, -0.2) is 8.78 Å². The first-order valence-corrected chi connectivity index (χ1v) is 4.47. The molecule has 2 nitrogen and oxygen atoms in total. The number of alkyl halides is 2. The SMILES string of the molecule is CCC(F)(F)COc1ccc(C)nc1. The van der Waals surface area contributed by atoms with Gasteiger partial charge in [0.1, 0.15) is 5.75 Å². The molecule has 78 valence electrons. The molecule has 14 heavy (non-hydrogen) atoms. The van der Waals surface area contributed by atoms with Crippen LogP contribution in [0.4, 0.5) is 8.78 Å². The molecule has 0 saturated carbocycles. The molecule has 1 rings (SSSR count). The Morgan fingerprint density at radius 1 is 1.43 bits per heavy atom. The van der Waals surface area contributed by atoms with Gasteiger partial charge >= 0.3 is 0 Å². The third-order valence-corrected chi connectivity index (χ3v) is 1.85. The number of hydrogen-bond acceptors (Lipinski definition) is 2. The molecular weight excluding hydrogens is 188 g/mol. The molecule has 0 radical (unpaired) electrons. The summed E-state index contributed by atoms with van der Waals surface area (Å²) < 4.78 is 30.4. The van der Waals surface area contributed by atoms with Gasteiger partial charge in [0.2, 0.25) is 0 Å². The van der Waals surface area contributed by atoms with Crippen LogP contribution < -0.4 is 4.74 Å². The molecular formula is C10H13F2NO. The number of aryl methyl sites for hydroxylation is 1. The van der Waals surface area contributed by atoms with Crippen molar-refractivity contribution in [3.63, 3.8) is 0 Å². The summed E-state index contributed by atoms with van der Waals surface area (Å²) in [7, 11) is 0. The van der Waals surface area contributed by atoms with Crippen molar-refractivity contribution >= 4 is 0 Å². The molecule has 0 fully saturated rings. The number of pyridine rings is 1. The van der Waals surface area contributed by atoms with Gasteiger partial charge in [-0.05, 0) is 19.1 Å². The van der Waals surface area contributed by atoms with E-state index in [4.69, 9.17) is 4.74 Å². The molecule has 0 amide bonds. The van der Waals surface area contributed by atoms with Crippen LogP contribution in [0.25, 0.3) is 0 Å². The second-order valence-electron chi connectivity index (χ2n) is 3.13. The predicted molar refractivity (Wildman–Crippen MR) is 49.7 cm³/mol. The first-order valence-electron chi connectivity index (χ1n) is 4.47. The van der Waals surface area contributed by atoms with E-state index in [1.807, 2.05) is 6.92 Å². The summed E-state index contributed by atoms with van der Waals surface area (Å²) >= 11 is 0.